The third-order valence-electron chi connectivity index (χ3n) is 6.02. The Bertz CT molecular complexity index is 884. The summed E-state index contributed by atoms with van der Waals surface area (Å²) in [5.74, 6) is 0.591. The van der Waals surface area contributed by atoms with E-state index >= 15 is 0 Å². The average molecular weight is 412 g/mol. The molecule has 1 fully saturated rings. The van der Waals surface area contributed by atoms with Crippen LogP contribution in [-0.4, -0.2) is 59.5 Å². The molecule has 0 unspecified atom stereocenters. The summed E-state index contributed by atoms with van der Waals surface area (Å²) in [6.45, 7) is 4.81. The molecule has 1 aromatic heterocycles. The second-order valence-corrected chi connectivity index (χ2v) is 7.90. The van der Waals surface area contributed by atoms with Gasteiger partial charge < -0.3 is 25.3 Å². The van der Waals surface area contributed by atoms with E-state index in [0.29, 0.717) is 19.7 Å². The van der Waals surface area contributed by atoms with Crippen LogP contribution in [-0.2, 0) is 28.0 Å². The number of piperidine rings is 1. The zero-order chi connectivity index (χ0) is 21.0. The highest BCUT2D eigenvalue weighted by Gasteiger charge is 2.41. The van der Waals surface area contributed by atoms with Crippen molar-refractivity contribution in [3.63, 3.8) is 0 Å². The topological polar surface area (TPSA) is 99.4 Å². The van der Waals surface area contributed by atoms with E-state index in [0.717, 1.165) is 42.8 Å². The molecule has 8 heteroatoms. The highest BCUT2D eigenvalue weighted by atomic mass is 16.5. The lowest BCUT2D eigenvalue weighted by atomic mass is 9.80. The van der Waals surface area contributed by atoms with Gasteiger partial charge in [0.25, 0.3) is 0 Å². The van der Waals surface area contributed by atoms with Gasteiger partial charge in [-0.3, -0.25) is 9.59 Å². The molecule has 0 bridgehead atoms. The predicted molar refractivity (Wildman–Crippen MR) is 112 cm³/mol. The molecule has 3 heterocycles. The third kappa shape index (κ3) is 4.33. The average Bonchev–Trinajstić information content (AvgIpc) is 3.25. The van der Waals surface area contributed by atoms with Crippen LogP contribution >= 0.6 is 0 Å². The lowest BCUT2D eigenvalue weighted by molar-refractivity contribution is -0.134. The molecule has 1 spiro atoms. The molecule has 1 aromatic carbocycles. The Kier molecular flexibility index (Phi) is 6.03. The Hall–Kier alpha value is -2.87. The largest absolute Gasteiger partial charge is 0.494 e. The first-order chi connectivity index (χ1) is 14.6. The Morgan fingerprint density at radius 2 is 2.00 bits per heavy atom. The molecule has 1 saturated heterocycles. The quantitative estimate of drug-likeness (QED) is 0.662. The van der Waals surface area contributed by atoms with Gasteiger partial charge >= 0.3 is 0 Å². The molecular formula is C22H29N5O3. The highest BCUT2D eigenvalue weighted by Crippen LogP contribution is 2.35. The van der Waals surface area contributed by atoms with E-state index in [4.69, 9.17) is 4.74 Å². The normalized spacial score (nSPS) is 17.4. The molecule has 160 valence electrons. The molecule has 2 aliphatic heterocycles. The zero-order valence-electron chi connectivity index (χ0n) is 17.4. The van der Waals surface area contributed by atoms with Crippen molar-refractivity contribution < 1.29 is 14.3 Å². The Morgan fingerprint density at radius 3 is 2.73 bits per heavy atom. The Labute approximate surface area is 176 Å². The van der Waals surface area contributed by atoms with Crippen LogP contribution in [0.2, 0.25) is 0 Å². The number of aromatic amines is 1. The summed E-state index contributed by atoms with van der Waals surface area (Å²) in [5, 5.41) is 6.38. The van der Waals surface area contributed by atoms with Gasteiger partial charge in [0.05, 0.1) is 37.1 Å². The molecule has 30 heavy (non-hydrogen) atoms. The fourth-order valence-electron chi connectivity index (χ4n) is 4.39. The molecular weight excluding hydrogens is 382 g/mol. The molecule has 3 N–H and O–H groups in total. The number of aromatic nitrogens is 2. The molecule has 0 atom stereocenters. The minimum Gasteiger partial charge on any atom is -0.494 e. The van der Waals surface area contributed by atoms with Gasteiger partial charge in [-0.25, -0.2) is 4.98 Å². The van der Waals surface area contributed by atoms with Crippen molar-refractivity contribution in [2.75, 3.05) is 32.8 Å². The maximum atomic E-state index is 12.6. The monoisotopic (exact) mass is 411 g/mol. The van der Waals surface area contributed by atoms with Crippen molar-refractivity contribution in [2.24, 2.45) is 0 Å². The maximum absolute atomic E-state index is 12.6. The number of amides is 2. The highest BCUT2D eigenvalue weighted by molar-refractivity contribution is 5.85. The summed E-state index contributed by atoms with van der Waals surface area (Å²) in [5.41, 5.74) is 3.06. The number of H-pyrrole nitrogens is 1. The van der Waals surface area contributed by atoms with Gasteiger partial charge in [-0.1, -0.05) is 12.1 Å². The van der Waals surface area contributed by atoms with Gasteiger partial charge in [0.15, 0.2) is 0 Å². The Morgan fingerprint density at radius 1 is 1.23 bits per heavy atom. The van der Waals surface area contributed by atoms with Crippen LogP contribution in [0.4, 0.5) is 0 Å². The van der Waals surface area contributed by atoms with Gasteiger partial charge in [0.2, 0.25) is 11.8 Å². The van der Waals surface area contributed by atoms with Gasteiger partial charge in [-0.2, -0.15) is 0 Å². The van der Waals surface area contributed by atoms with E-state index in [2.05, 4.69) is 20.6 Å². The van der Waals surface area contributed by atoms with Crippen LogP contribution < -0.4 is 15.4 Å². The summed E-state index contributed by atoms with van der Waals surface area (Å²) in [7, 11) is 0. The molecule has 4 rings (SSSR count). The van der Waals surface area contributed by atoms with E-state index in [1.807, 2.05) is 36.1 Å². The van der Waals surface area contributed by atoms with Crippen molar-refractivity contribution in [1.82, 2.24) is 25.5 Å². The van der Waals surface area contributed by atoms with E-state index in [1.165, 1.54) is 5.69 Å². The number of likely N-dealkylation sites (tertiary alicyclic amines) is 1. The fourth-order valence-corrected chi connectivity index (χ4v) is 4.39. The summed E-state index contributed by atoms with van der Waals surface area (Å²) in [6, 6.07) is 7.45. The Balaban J connectivity index is 1.24. The number of nitrogens with zero attached hydrogens (tertiary/aromatic N) is 2. The first-order valence-corrected chi connectivity index (χ1v) is 10.6. The number of imidazole rings is 1. The summed E-state index contributed by atoms with van der Waals surface area (Å²) < 4.78 is 5.41. The van der Waals surface area contributed by atoms with Gasteiger partial charge in [0.1, 0.15) is 5.75 Å². The summed E-state index contributed by atoms with van der Waals surface area (Å²) in [4.78, 5) is 34.4. The first kappa shape index (κ1) is 20.4. The van der Waals surface area contributed by atoms with Crippen LogP contribution in [0.3, 0.4) is 0 Å². The van der Waals surface area contributed by atoms with Crippen molar-refractivity contribution in [2.45, 2.75) is 38.1 Å². The fraction of sp³-hybridized carbons (Fsp3) is 0.500. The van der Waals surface area contributed by atoms with E-state index in [-0.39, 0.29) is 30.3 Å². The number of hydrogen-bond donors (Lipinski definition) is 3. The number of nitrogens with one attached hydrogen (secondary N) is 3. The second-order valence-electron chi connectivity index (χ2n) is 7.90. The van der Waals surface area contributed by atoms with E-state index in [9.17, 15) is 9.59 Å². The van der Waals surface area contributed by atoms with E-state index in [1.54, 1.807) is 6.33 Å². The molecule has 2 aromatic rings. The van der Waals surface area contributed by atoms with Crippen LogP contribution in [0.15, 0.2) is 30.6 Å². The number of hydrogen-bond acceptors (Lipinski definition) is 5. The second kappa shape index (κ2) is 8.87. The lowest BCUT2D eigenvalue weighted by Gasteiger charge is -2.44. The molecule has 2 amide bonds. The van der Waals surface area contributed by atoms with Crippen LogP contribution in [0.1, 0.15) is 36.7 Å². The van der Waals surface area contributed by atoms with Crippen LogP contribution in [0, 0.1) is 0 Å². The minimum atomic E-state index is -0.156. The van der Waals surface area contributed by atoms with E-state index < -0.39 is 0 Å². The number of rotatable bonds is 6. The SMILES string of the molecule is CCOc1ccc(CC(=O)NCC(=O)N2CCC3(CC2)NCCc2[nH]cnc23)cc1. The van der Waals surface area contributed by atoms with Gasteiger partial charge in [0, 0.05) is 31.7 Å². The number of ether oxygens (including phenoxy) is 1. The van der Waals surface area contributed by atoms with Gasteiger partial charge in [-0.05, 0) is 37.5 Å². The van der Waals surface area contributed by atoms with Crippen molar-refractivity contribution in [1.29, 1.82) is 0 Å². The molecule has 2 aliphatic rings. The minimum absolute atomic E-state index is 0.0317. The van der Waals surface area contributed by atoms with Crippen LogP contribution in [0.5, 0.6) is 5.75 Å². The predicted octanol–water partition coefficient (Wildman–Crippen LogP) is 1.13. The summed E-state index contributed by atoms with van der Waals surface area (Å²) in [6.07, 6.45) is 4.62. The molecule has 0 saturated carbocycles. The first-order valence-electron chi connectivity index (χ1n) is 10.6. The molecule has 0 radical (unpaired) electrons. The van der Waals surface area contributed by atoms with Crippen molar-refractivity contribution >= 4 is 11.8 Å². The molecule has 8 nitrogen and oxygen atoms in total. The standard InChI is InChI=1S/C22H29N5O3/c1-2-30-17-5-3-16(4-6-17)13-19(28)23-14-20(29)27-11-8-22(9-12-27)21-18(7-10-26-22)24-15-25-21/h3-6,15,26H,2,7-14H2,1H3,(H,23,28)(H,24,25). The van der Waals surface area contributed by atoms with Crippen molar-refractivity contribution in [3.05, 3.63) is 47.5 Å². The number of carbonyl (C=O) groups excluding carboxylic acids is 2. The summed E-state index contributed by atoms with van der Waals surface area (Å²) >= 11 is 0. The zero-order valence-corrected chi connectivity index (χ0v) is 17.4. The maximum Gasteiger partial charge on any atom is 0.241 e. The van der Waals surface area contributed by atoms with Crippen molar-refractivity contribution in [3.8, 4) is 5.75 Å². The number of carbonyl (C=O) groups is 2. The van der Waals surface area contributed by atoms with Crippen LogP contribution in [0.25, 0.3) is 0 Å². The van der Waals surface area contributed by atoms with Gasteiger partial charge in [-0.15, -0.1) is 0 Å². The number of benzene rings is 1. The third-order valence-corrected chi connectivity index (χ3v) is 6.02. The smallest absolute Gasteiger partial charge is 0.241 e. The molecule has 0 aliphatic carbocycles. The lowest BCUT2D eigenvalue weighted by Crippen LogP contribution is -2.56. The number of fused-ring (bicyclic) bond motifs is 2.